The molecule has 5 rings (SSSR count). The summed E-state index contributed by atoms with van der Waals surface area (Å²) >= 11 is 0. The third-order valence-electron chi connectivity index (χ3n) is 7.17. The Morgan fingerprint density at radius 2 is 1.94 bits per heavy atom. The van der Waals surface area contributed by atoms with Gasteiger partial charge in [0, 0.05) is 17.8 Å². The van der Waals surface area contributed by atoms with Gasteiger partial charge in [-0.15, -0.1) is 0 Å². The largest absolute Gasteiger partial charge is 0.463 e. The number of benzene rings is 1. The molecule has 0 radical (unpaired) electrons. The van der Waals surface area contributed by atoms with Crippen LogP contribution in [0.25, 0.3) is 11.5 Å². The van der Waals surface area contributed by atoms with Crippen molar-refractivity contribution < 1.29 is 14.0 Å². The number of rotatable bonds is 4. The summed E-state index contributed by atoms with van der Waals surface area (Å²) < 4.78 is 7.15. The fourth-order valence-corrected chi connectivity index (χ4v) is 5.07. The average molecular weight is 447 g/mol. The molecular weight excluding hydrogens is 416 g/mol. The van der Waals surface area contributed by atoms with Gasteiger partial charge in [0.05, 0.1) is 12.8 Å². The van der Waals surface area contributed by atoms with Crippen molar-refractivity contribution in [3.8, 4) is 11.5 Å². The number of carbonyl (C=O) groups excluding carboxylic acids is 2. The Morgan fingerprint density at radius 1 is 1.15 bits per heavy atom. The van der Waals surface area contributed by atoms with Gasteiger partial charge in [-0.25, -0.2) is 0 Å². The number of hydrogen-bond acceptors (Lipinski definition) is 4. The van der Waals surface area contributed by atoms with Gasteiger partial charge in [-0.1, -0.05) is 31.4 Å². The minimum atomic E-state index is -1.12. The van der Waals surface area contributed by atoms with E-state index < -0.39 is 5.54 Å². The summed E-state index contributed by atoms with van der Waals surface area (Å²) in [6, 6.07) is 11.4. The van der Waals surface area contributed by atoms with E-state index in [1.54, 1.807) is 28.0 Å². The number of amides is 2. The van der Waals surface area contributed by atoms with Crippen LogP contribution in [0.4, 0.5) is 5.69 Å². The van der Waals surface area contributed by atoms with Crippen LogP contribution in [0.3, 0.4) is 0 Å². The normalized spacial score (nSPS) is 21.2. The second kappa shape index (κ2) is 8.21. The van der Waals surface area contributed by atoms with Crippen LogP contribution in [0, 0.1) is 13.8 Å². The summed E-state index contributed by atoms with van der Waals surface area (Å²) in [6.07, 6.45) is 7.00. The van der Waals surface area contributed by atoms with Gasteiger partial charge < -0.3 is 9.73 Å². The zero-order valence-electron chi connectivity index (χ0n) is 19.4. The van der Waals surface area contributed by atoms with E-state index in [9.17, 15) is 9.59 Å². The molecule has 0 bridgehead atoms. The van der Waals surface area contributed by atoms with Crippen molar-refractivity contribution in [3.05, 3.63) is 59.5 Å². The van der Waals surface area contributed by atoms with Gasteiger partial charge in [0.1, 0.15) is 16.9 Å². The molecule has 0 unspecified atom stereocenters. The summed E-state index contributed by atoms with van der Waals surface area (Å²) in [7, 11) is 0. The number of nitrogens with zero attached hydrogens (tertiary/aromatic N) is 3. The van der Waals surface area contributed by atoms with E-state index in [1.165, 1.54) is 6.42 Å². The van der Waals surface area contributed by atoms with E-state index in [0.717, 1.165) is 42.5 Å². The molecule has 7 heteroatoms. The molecule has 1 fully saturated rings. The molecule has 1 aliphatic carbocycles. The Kier molecular flexibility index (Phi) is 5.35. The van der Waals surface area contributed by atoms with Crippen molar-refractivity contribution in [2.45, 2.75) is 71.0 Å². The number of nitrogens with one attached hydrogen (secondary N) is 1. The lowest BCUT2D eigenvalue weighted by Crippen LogP contribution is -2.65. The first-order valence-electron chi connectivity index (χ1n) is 11.7. The van der Waals surface area contributed by atoms with Crippen LogP contribution in [0.2, 0.25) is 0 Å². The van der Waals surface area contributed by atoms with E-state index in [2.05, 4.69) is 10.4 Å². The highest BCUT2D eigenvalue weighted by atomic mass is 16.3. The monoisotopic (exact) mass is 446 g/mol. The van der Waals surface area contributed by atoms with Crippen LogP contribution in [0.1, 0.15) is 60.6 Å². The van der Waals surface area contributed by atoms with Crippen LogP contribution in [0.5, 0.6) is 0 Å². The van der Waals surface area contributed by atoms with Gasteiger partial charge in [0.25, 0.3) is 5.91 Å². The predicted molar refractivity (Wildman–Crippen MR) is 126 cm³/mol. The minimum Gasteiger partial charge on any atom is -0.463 e. The highest BCUT2D eigenvalue weighted by Crippen LogP contribution is 2.37. The zero-order valence-corrected chi connectivity index (χ0v) is 19.4. The van der Waals surface area contributed by atoms with Crippen molar-refractivity contribution in [2.75, 3.05) is 4.90 Å². The van der Waals surface area contributed by atoms with Crippen LogP contribution >= 0.6 is 0 Å². The maximum atomic E-state index is 13.9. The molecule has 2 aliphatic rings. The zero-order chi connectivity index (χ0) is 23.2. The molecule has 7 nitrogen and oxygen atoms in total. The number of anilines is 1. The minimum absolute atomic E-state index is 0.135. The summed E-state index contributed by atoms with van der Waals surface area (Å²) in [5.41, 5.74) is 2.74. The molecule has 0 saturated heterocycles. The molecule has 3 heterocycles. The number of hydrogen-bond donors (Lipinski definition) is 1. The Balaban J connectivity index is 1.59. The van der Waals surface area contributed by atoms with E-state index in [1.807, 2.05) is 45.0 Å². The Morgan fingerprint density at radius 3 is 2.67 bits per heavy atom. The molecule has 1 saturated carbocycles. The fraction of sp³-hybridized carbons (Fsp3) is 0.423. The lowest BCUT2D eigenvalue weighted by atomic mass is 9.90. The first kappa shape index (κ1) is 21.5. The Labute approximate surface area is 193 Å². The Bertz CT molecular complexity index is 1190. The molecule has 33 heavy (non-hydrogen) atoms. The molecule has 1 aromatic carbocycles. The van der Waals surface area contributed by atoms with Gasteiger partial charge in [-0.2, -0.15) is 5.10 Å². The molecule has 0 spiro atoms. The van der Waals surface area contributed by atoms with Crippen molar-refractivity contribution >= 4 is 17.5 Å². The summed E-state index contributed by atoms with van der Waals surface area (Å²) in [5, 5.41) is 7.89. The summed E-state index contributed by atoms with van der Waals surface area (Å²) in [4.78, 5) is 29.4. The van der Waals surface area contributed by atoms with E-state index in [4.69, 9.17) is 4.42 Å². The van der Waals surface area contributed by atoms with Gasteiger partial charge in [-0.05, 0) is 62.9 Å². The molecular formula is C26H30N4O3. The maximum Gasteiger partial charge on any atom is 0.277 e. The average Bonchev–Trinajstić information content (AvgIpc) is 3.47. The standard InChI is InChI=1S/C26H30N4O3/c1-17-9-7-12-21(18(17)2)30-24(31)22-15-20(23-13-8-14-33-23)28-29(22)16-26(30,3)25(32)27-19-10-5-4-6-11-19/h7-9,12-15,19H,4-6,10-11,16H2,1-3H3,(H,27,32)/t26-/m0/s1. The van der Waals surface area contributed by atoms with Crippen molar-refractivity contribution in [3.63, 3.8) is 0 Å². The molecule has 1 aliphatic heterocycles. The molecule has 1 N–H and O–H groups in total. The number of carbonyl (C=O) groups is 2. The number of fused-ring (bicyclic) bond motifs is 1. The van der Waals surface area contributed by atoms with Crippen LogP contribution in [-0.2, 0) is 11.3 Å². The van der Waals surface area contributed by atoms with Crippen molar-refractivity contribution in [1.29, 1.82) is 0 Å². The van der Waals surface area contributed by atoms with Crippen molar-refractivity contribution in [1.82, 2.24) is 15.1 Å². The quantitative estimate of drug-likeness (QED) is 0.634. The predicted octanol–water partition coefficient (Wildman–Crippen LogP) is 4.63. The molecule has 1 atom stereocenters. The third-order valence-corrected chi connectivity index (χ3v) is 7.17. The number of aromatic nitrogens is 2. The van der Waals surface area contributed by atoms with E-state index in [0.29, 0.717) is 17.1 Å². The molecule has 172 valence electrons. The summed E-state index contributed by atoms with van der Waals surface area (Å²) in [6.45, 7) is 6.13. The first-order valence-corrected chi connectivity index (χ1v) is 11.7. The van der Waals surface area contributed by atoms with E-state index in [-0.39, 0.29) is 24.4 Å². The Hall–Kier alpha value is -3.35. The molecule has 2 amide bonds. The molecule has 2 aromatic heterocycles. The van der Waals surface area contributed by atoms with Crippen LogP contribution < -0.4 is 10.2 Å². The second-order valence-corrected chi connectivity index (χ2v) is 9.49. The van der Waals surface area contributed by atoms with Gasteiger partial charge >= 0.3 is 0 Å². The maximum absolute atomic E-state index is 13.9. The van der Waals surface area contributed by atoms with E-state index >= 15 is 0 Å². The highest BCUT2D eigenvalue weighted by molar-refractivity contribution is 6.12. The molecule has 3 aromatic rings. The first-order chi connectivity index (χ1) is 15.9. The second-order valence-electron chi connectivity index (χ2n) is 9.49. The van der Waals surface area contributed by atoms with Gasteiger partial charge in [0.15, 0.2) is 5.76 Å². The van der Waals surface area contributed by atoms with Crippen molar-refractivity contribution in [2.24, 2.45) is 0 Å². The van der Waals surface area contributed by atoms with Gasteiger partial charge in [-0.3, -0.25) is 19.2 Å². The summed E-state index contributed by atoms with van der Waals surface area (Å²) in [5.74, 6) is 0.224. The SMILES string of the molecule is Cc1cccc(N2C(=O)c3cc(-c4ccco4)nn3C[C@@]2(C)C(=O)NC2CCCCC2)c1C. The number of aryl methyl sites for hydroxylation is 1. The van der Waals surface area contributed by atoms with Crippen LogP contribution in [-0.4, -0.2) is 33.2 Å². The smallest absolute Gasteiger partial charge is 0.277 e. The highest BCUT2D eigenvalue weighted by Gasteiger charge is 2.49. The van der Waals surface area contributed by atoms with Crippen LogP contribution in [0.15, 0.2) is 47.1 Å². The fourth-order valence-electron chi connectivity index (χ4n) is 5.07. The number of furan rings is 1. The topological polar surface area (TPSA) is 80.4 Å². The van der Waals surface area contributed by atoms with Gasteiger partial charge in [0.2, 0.25) is 5.91 Å². The lowest BCUT2D eigenvalue weighted by molar-refractivity contribution is -0.127. The third kappa shape index (κ3) is 3.65. The lowest BCUT2D eigenvalue weighted by Gasteiger charge is -2.44.